The van der Waals surface area contributed by atoms with E-state index in [2.05, 4.69) is 4.40 Å². The number of sulfonamides is 1. The third kappa shape index (κ3) is 3.67. The zero-order chi connectivity index (χ0) is 20.1. The van der Waals surface area contributed by atoms with Gasteiger partial charge in [0.15, 0.2) is 15.0 Å². The van der Waals surface area contributed by atoms with Crippen LogP contribution in [0.5, 0.6) is 0 Å². The zero-order valence-electron chi connectivity index (χ0n) is 15.4. The molecule has 3 heterocycles. The number of carbonyl (C=O) groups is 1. The van der Waals surface area contributed by atoms with Crippen molar-refractivity contribution >= 4 is 48.4 Å². The molecule has 1 atom stereocenters. The summed E-state index contributed by atoms with van der Waals surface area (Å²) < 4.78 is 51.0. The first-order valence-corrected chi connectivity index (χ1v) is 13.4. The topological polar surface area (TPSA) is 104 Å². The van der Waals surface area contributed by atoms with Crippen LogP contribution in [0, 0.1) is 0 Å². The van der Waals surface area contributed by atoms with Gasteiger partial charge in [-0.3, -0.25) is 4.79 Å². The summed E-state index contributed by atoms with van der Waals surface area (Å²) in [6.45, 7) is 2.80. The van der Waals surface area contributed by atoms with Crippen LogP contribution in [0.15, 0.2) is 27.5 Å². The highest BCUT2D eigenvalue weighted by atomic mass is 32.2. The number of benzene rings is 1. The Morgan fingerprint density at radius 1 is 1.29 bits per heavy atom. The number of fused-ring (bicyclic) bond motifs is 3. The van der Waals surface area contributed by atoms with Crippen molar-refractivity contribution in [3.8, 4) is 0 Å². The van der Waals surface area contributed by atoms with Gasteiger partial charge in [-0.2, -0.15) is 0 Å². The van der Waals surface area contributed by atoms with Gasteiger partial charge in [0.1, 0.15) is 0 Å². The fraction of sp³-hybridized carbons (Fsp3) is 0.529. The fourth-order valence-corrected chi connectivity index (χ4v) is 7.77. The summed E-state index contributed by atoms with van der Waals surface area (Å²) in [5.74, 6) is -0.0841. The molecule has 0 aromatic heterocycles. The van der Waals surface area contributed by atoms with Gasteiger partial charge in [0.2, 0.25) is 0 Å². The van der Waals surface area contributed by atoms with Crippen LogP contribution in [0.4, 0.5) is 5.69 Å². The van der Waals surface area contributed by atoms with Crippen LogP contribution < -0.4 is 4.90 Å². The van der Waals surface area contributed by atoms with Gasteiger partial charge in [-0.1, -0.05) is 6.92 Å². The summed E-state index contributed by atoms with van der Waals surface area (Å²) in [5, 5.41) is 0.415. The SMILES string of the molecule is CCCN(C(=O)c1ccc2c(c1)SC1=NS(=O)(=O)CCN12)[C@H]1CCS(=O)(=O)C1. The highest BCUT2D eigenvalue weighted by molar-refractivity contribution is 8.15. The van der Waals surface area contributed by atoms with E-state index in [-0.39, 0.29) is 29.2 Å². The van der Waals surface area contributed by atoms with Gasteiger partial charge >= 0.3 is 0 Å². The molecular formula is C17H21N3O5S3. The second-order valence-corrected chi connectivity index (χ2v) is 12.1. The summed E-state index contributed by atoms with van der Waals surface area (Å²) in [5.41, 5.74) is 1.33. The van der Waals surface area contributed by atoms with Crippen molar-refractivity contribution in [2.45, 2.75) is 30.7 Å². The number of amides is 1. The molecule has 0 radical (unpaired) electrons. The van der Waals surface area contributed by atoms with Crippen molar-refractivity contribution in [3.05, 3.63) is 23.8 Å². The Kier molecular flexibility index (Phi) is 4.95. The van der Waals surface area contributed by atoms with Crippen LogP contribution in [-0.2, 0) is 19.9 Å². The zero-order valence-corrected chi connectivity index (χ0v) is 17.8. The van der Waals surface area contributed by atoms with Crippen LogP contribution in [0.3, 0.4) is 0 Å². The maximum absolute atomic E-state index is 13.1. The lowest BCUT2D eigenvalue weighted by Gasteiger charge is -2.28. The van der Waals surface area contributed by atoms with Gasteiger partial charge < -0.3 is 9.80 Å². The average Bonchev–Trinajstić information content (AvgIpc) is 3.16. The molecule has 0 aliphatic carbocycles. The molecule has 8 nitrogen and oxygen atoms in total. The lowest BCUT2D eigenvalue weighted by molar-refractivity contribution is 0.0697. The molecule has 3 aliphatic heterocycles. The average molecular weight is 444 g/mol. The van der Waals surface area contributed by atoms with Gasteiger partial charge in [0.05, 0.1) is 22.9 Å². The molecule has 11 heteroatoms. The van der Waals surface area contributed by atoms with Crippen molar-refractivity contribution in [2.24, 2.45) is 4.40 Å². The first-order valence-electron chi connectivity index (χ1n) is 9.12. The van der Waals surface area contributed by atoms with Gasteiger partial charge in [-0.05, 0) is 42.8 Å². The van der Waals surface area contributed by atoms with E-state index in [9.17, 15) is 21.6 Å². The first kappa shape index (κ1) is 19.7. The van der Waals surface area contributed by atoms with Crippen molar-refractivity contribution < 1.29 is 21.6 Å². The Balaban J connectivity index is 1.61. The van der Waals surface area contributed by atoms with Gasteiger partial charge in [0.25, 0.3) is 15.9 Å². The van der Waals surface area contributed by atoms with Crippen molar-refractivity contribution in [1.82, 2.24) is 4.90 Å². The normalized spacial score (nSPS) is 24.4. The van der Waals surface area contributed by atoms with E-state index in [0.717, 1.165) is 17.0 Å². The molecule has 0 unspecified atom stereocenters. The van der Waals surface area contributed by atoms with E-state index in [1.165, 1.54) is 11.8 Å². The maximum Gasteiger partial charge on any atom is 0.257 e. The Bertz CT molecular complexity index is 1070. The maximum atomic E-state index is 13.1. The predicted octanol–water partition coefficient (Wildman–Crippen LogP) is 1.34. The molecule has 152 valence electrons. The van der Waals surface area contributed by atoms with E-state index in [0.29, 0.717) is 30.2 Å². The lowest BCUT2D eigenvalue weighted by Crippen LogP contribution is -2.41. The number of rotatable bonds is 4. The van der Waals surface area contributed by atoms with Crippen LogP contribution >= 0.6 is 11.8 Å². The second kappa shape index (κ2) is 7.03. The Morgan fingerprint density at radius 2 is 2.07 bits per heavy atom. The third-order valence-corrected chi connectivity index (χ3v) is 9.15. The minimum Gasteiger partial charge on any atom is -0.335 e. The highest BCUT2D eigenvalue weighted by Gasteiger charge is 2.36. The van der Waals surface area contributed by atoms with Crippen LogP contribution in [0.2, 0.25) is 0 Å². The molecule has 0 bridgehead atoms. The molecule has 1 fully saturated rings. The Morgan fingerprint density at radius 3 is 2.75 bits per heavy atom. The minimum absolute atomic E-state index is 0.0148. The first-order chi connectivity index (χ1) is 13.2. The number of anilines is 1. The minimum atomic E-state index is -3.43. The Hall–Kier alpha value is -1.59. The number of hydrogen-bond donors (Lipinski definition) is 0. The van der Waals surface area contributed by atoms with E-state index in [1.54, 1.807) is 17.0 Å². The molecular weight excluding hydrogens is 422 g/mol. The molecule has 4 rings (SSSR count). The highest BCUT2D eigenvalue weighted by Crippen LogP contribution is 2.42. The molecule has 1 aromatic rings. The largest absolute Gasteiger partial charge is 0.335 e. The summed E-state index contributed by atoms with van der Waals surface area (Å²) in [6, 6.07) is 4.99. The number of hydrogen-bond acceptors (Lipinski definition) is 7. The number of sulfone groups is 1. The van der Waals surface area contributed by atoms with Crippen molar-refractivity contribution in [2.75, 3.05) is 35.2 Å². The smallest absolute Gasteiger partial charge is 0.257 e. The van der Waals surface area contributed by atoms with Gasteiger partial charge in [-0.25, -0.2) is 16.8 Å². The van der Waals surface area contributed by atoms with Crippen molar-refractivity contribution in [1.29, 1.82) is 0 Å². The summed E-state index contributed by atoms with van der Waals surface area (Å²) in [6.07, 6.45) is 1.21. The van der Waals surface area contributed by atoms with E-state index in [4.69, 9.17) is 0 Å². The molecule has 3 aliphatic rings. The van der Waals surface area contributed by atoms with Crippen LogP contribution in [0.1, 0.15) is 30.1 Å². The molecule has 1 amide bonds. The Labute approximate surface area is 169 Å². The standard InChI is InChI=1S/C17H21N3O5S3/c1-2-6-19(13-5-8-27(22,23)11-13)16(21)12-3-4-14-15(10-12)26-17-18-28(24,25)9-7-20(14)17/h3-4,10,13H,2,5-9,11H2,1H3/t13-/m0/s1. The second-order valence-electron chi connectivity index (χ2n) is 7.15. The van der Waals surface area contributed by atoms with Gasteiger partial charge in [0, 0.05) is 29.6 Å². The number of nitrogens with zero attached hydrogens (tertiary/aromatic N) is 3. The quantitative estimate of drug-likeness (QED) is 0.691. The van der Waals surface area contributed by atoms with Crippen LogP contribution in [-0.4, -0.2) is 69.2 Å². The predicted molar refractivity (Wildman–Crippen MR) is 109 cm³/mol. The van der Waals surface area contributed by atoms with Crippen LogP contribution in [0.25, 0.3) is 0 Å². The lowest BCUT2D eigenvalue weighted by atomic mass is 10.1. The molecule has 28 heavy (non-hydrogen) atoms. The summed E-state index contributed by atoms with van der Waals surface area (Å²) in [4.78, 5) is 17.4. The fourth-order valence-electron chi connectivity index (χ4n) is 3.74. The van der Waals surface area contributed by atoms with E-state index >= 15 is 0 Å². The van der Waals surface area contributed by atoms with Crippen molar-refractivity contribution in [3.63, 3.8) is 0 Å². The van der Waals surface area contributed by atoms with E-state index in [1.807, 2.05) is 17.9 Å². The van der Waals surface area contributed by atoms with Gasteiger partial charge in [-0.15, -0.1) is 4.40 Å². The molecule has 1 saturated heterocycles. The molecule has 1 aromatic carbocycles. The number of amidine groups is 1. The van der Waals surface area contributed by atoms with E-state index < -0.39 is 19.9 Å². The summed E-state index contributed by atoms with van der Waals surface area (Å²) >= 11 is 1.24. The number of thioether (sulfide) groups is 1. The monoisotopic (exact) mass is 443 g/mol. The molecule has 0 spiro atoms. The summed E-state index contributed by atoms with van der Waals surface area (Å²) in [7, 11) is -6.52. The number of carbonyl (C=O) groups excluding carboxylic acids is 1. The molecule has 0 saturated carbocycles. The molecule has 0 N–H and O–H groups in total. The third-order valence-electron chi connectivity index (χ3n) is 5.09.